The number of amides is 1. The molecule has 0 aliphatic carbocycles. The van der Waals surface area contributed by atoms with E-state index in [4.69, 9.17) is 4.74 Å². The third-order valence-electron chi connectivity index (χ3n) is 2.84. The fourth-order valence-electron chi connectivity index (χ4n) is 1.66. The zero-order valence-electron chi connectivity index (χ0n) is 9.56. The summed E-state index contributed by atoms with van der Waals surface area (Å²) in [5.74, 6) is -1.08. The average Bonchev–Trinajstić information content (AvgIpc) is 2.27. The number of hydrogen-bond donors (Lipinski definition) is 3. The molecule has 1 heterocycles. The molecule has 1 amide bonds. The molecule has 17 heavy (non-hydrogen) atoms. The van der Waals surface area contributed by atoms with Crippen LogP contribution in [0.15, 0.2) is 18.2 Å². The summed E-state index contributed by atoms with van der Waals surface area (Å²) >= 11 is 0. The smallest absolute Gasteiger partial charge is 0.255 e. The van der Waals surface area contributed by atoms with E-state index in [2.05, 4.69) is 5.32 Å². The summed E-state index contributed by atoms with van der Waals surface area (Å²) in [6, 6.07) is 4.30. The molecule has 5 heteroatoms. The Labute approximate surface area is 99.0 Å². The van der Waals surface area contributed by atoms with E-state index in [-0.39, 0.29) is 22.5 Å². The Morgan fingerprint density at radius 3 is 2.76 bits per heavy atom. The van der Waals surface area contributed by atoms with Crippen LogP contribution in [0.5, 0.6) is 11.5 Å². The zero-order chi connectivity index (χ0) is 12.5. The molecule has 0 atom stereocenters. The van der Waals surface area contributed by atoms with Gasteiger partial charge in [-0.1, -0.05) is 13.0 Å². The summed E-state index contributed by atoms with van der Waals surface area (Å²) in [6.07, 6.45) is 0. The van der Waals surface area contributed by atoms with Crippen molar-refractivity contribution in [2.24, 2.45) is 5.41 Å². The second-order valence-corrected chi connectivity index (χ2v) is 4.66. The van der Waals surface area contributed by atoms with E-state index in [0.717, 1.165) is 0 Å². The van der Waals surface area contributed by atoms with Gasteiger partial charge in [-0.25, -0.2) is 0 Å². The first-order valence-electron chi connectivity index (χ1n) is 5.39. The molecule has 0 spiro atoms. The van der Waals surface area contributed by atoms with Crippen LogP contribution in [-0.2, 0) is 4.74 Å². The molecular formula is C12H15NO4. The van der Waals surface area contributed by atoms with E-state index < -0.39 is 5.91 Å². The predicted octanol–water partition coefficient (Wildman–Crippen LogP) is 0.864. The van der Waals surface area contributed by atoms with Gasteiger partial charge in [0.15, 0.2) is 11.5 Å². The summed E-state index contributed by atoms with van der Waals surface area (Å²) < 4.78 is 5.08. The Kier molecular flexibility index (Phi) is 2.93. The summed E-state index contributed by atoms with van der Waals surface area (Å²) in [5, 5.41) is 21.5. The van der Waals surface area contributed by atoms with E-state index in [1.165, 1.54) is 18.2 Å². The highest BCUT2D eigenvalue weighted by atomic mass is 16.5. The summed E-state index contributed by atoms with van der Waals surface area (Å²) in [5.41, 5.74) is 0.0519. The van der Waals surface area contributed by atoms with Crippen molar-refractivity contribution in [2.45, 2.75) is 6.92 Å². The van der Waals surface area contributed by atoms with Gasteiger partial charge >= 0.3 is 0 Å². The molecule has 2 rings (SSSR count). The standard InChI is InChI=1S/C12H15NO4/c1-12(6-17-7-12)5-13-11(16)8-3-2-4-9(14)10(8)15/h2-4,14-15H,5-7H2,1H3,(H,13,16). The Bertz CT molecular complexity index is 440. The van der Waals surface area contributed by atoms with E-state index in [1.54, 1.807) is 0 Å². The molecule has 1 aromatic carbocycles. The number of carbonyl (C=O) groups is 1. The highest BCUT2D eigenvalue weighted by Crippen LogP contribution is 2.29. The lowest BCUT2D eigenvalue weighted by atomic mass is 9.88. The lowest BCUT2D eigenvalue weighted by molar-refractivity contribution is -0.0978. The molecule has 3 N–H and O–H groups in total. The van der Waals surface area contributed by atoms with Crippen LogP contribution in [0.2, 0.25) is 0 Å². The minimum absolute atomic E-state index is 0.0257. The maximum absolute atomic E-state index is 11.8. The molecule has 0 aromatic heterocycles. The van der Waals surface area contributed by atoms with E-state index >= 15 is 0 Å². The number of aromatic hydroxyl groups is 2. The van der Waals surface area contributed by atoms with Gasteiger partial charge in [-0.2, -0.15) is 0 Å². The van der Waals surface area contributed by atoms with Crippen LogP contribution in [0.1, 0.15) is 17.3 Å². The molecule has 1 saturated heterocycles. The predicted molar refractivity (Wildman–Crippen MR) is 61.0 cm³/mol. The highest BCUT2D eigenvalue weighted by molar-refractivity contribution is 5.97. The minimum Gasteiger partial charge on any atom is -0.504 e. The zero-order valence-corrected chi connectivity index (χ0v) is 9.56. The largest absolute Gasteiger partial charge is 0.504 e. The molecule has 0 unspecified atom stereocenters. The Morgan fingerprint density at radius 1 is 1.47 bits per heavy atom. The molecule has 0 bridgehead atoms. The SMILES string of the molecule is CC1(CNC(=O)c2cccc(O)c2O)COC1. The number of rotatable bonds is 3. The fraction of sp³-hybridized carbons (Fsp3) is 0.417. The Morgan fingerprint density at radius 2 is 2.18 bits per heavy atom. The van der Waals surface area contributed by atoms with Crippen LogP contribution in [0.4, 0.5) is 0 Å². The summed E-state index contributed by atoms with van der Waals surface area (Å²) in [6.45, 7) is 3.75. The third-order valence-corrected chi connectivity index (χ3v) is 2.84. The van der Waals surface area contributed by atoms with E-state index in [1.807, 2.05) is 6.92 Å². The normalized spacial score (nSPS) is 17.2. The van der Waals surface area contributed by atoms with Crippen molar-refractivity contribution in [3.8, 4) is 11.5 Å². The number of carbonyl (C=O) groups excluding carboxylic acids is 1. The van der Waals surface area contributed by atoms with Gasteiger partial charge in [0.2, 0.25) is 0 Å². The molecule has 1 aliphatic heterocycles. The van der Waals surface area contributed by atoms with Crippen molar-refractivity contribution in [2.75, 3.05) is 19.8 Å². The number of benzene rings is 1. The van der Waals surface area contributed by atoms with Gasteiger partial charge in [-0.3, -0.25) is 4.79 Å². The van der Waals surface area contributed by atoms with Crippen molar-refractivity contribution in [3.05, 3.63) is 23.8 Å². The van der Waals surface area contributed by atoms with Gasteiger partial charge in [0.05, 0.1) is 18.8 Å². The molecular weight excluding hydrogens is 222 g/mol. The lowest BCUT2D eigenvalue weighted by Crippen LogP contribution is -2.48. The monoisotopic (exact) mass is 237 g/mol. The van der Waals surface area contributed by atoms with Gasteiger partial charge in [0, 0.05) is 12.0 Å². The second-order valence-electron chi connectivity index (χ2n) is 4.66. The molecule has 0 radical (unpaired) electrons. The maximum Gasteiger partial charge on any atom is 0.255 e. The minimum atomic E-state index is -0.397. The number of phenols is 2. The quantitative estimate of drug-likeness (QED) is 0.681. The topological polar surface area (TPSA) is 78.8 Å². The van der Waals surface area contributed by atoms with Crippen molar-refractivity contribution in [3.63, 3.8) is 0 Å². The number of nitrogens with one attached hydrogen (secondary N) is 1. The fourth-order valence-corrected chi connectivity index (χ4v) is 1.66. The molecule has 5 nitrogen and oxygen atoms in total. The van der Waals surface area contributed by atoms with Crippen LogP contribution in [-0.4, -0.2) is 35.9 Å². The van der Waals surface area contributed by atoms with Gasteiger partial charge in [0.1, 0.15) is 0 Å². The van der Waals surface area contributed by atoms with Crippen LogP contribution in [0, 0.1) is 5.41 Å². The van der Waals surface area contributed by atoms with Gasteiger partial charge in [-0.15, -0.1) is 0 Å². The molecule has 1 fully saturated rings. The maximum atomic E-state index is 11.8. The number of para-hydroxylation sites is 1. The van der Waals surface area contributed by atoms with E-state index in [9.17, 15) is 15.0 Å². The highest BCUT2D eigenvalue weighted by Gasteiger charge is 2.33. The Hall–Kier alpha value is -1.75. The van der Waals surface area contributed by atoms with Gasteiger partial charge in [0.25, 0.3) is 5.91 Å². The van der Waals surface area contributed by atoms with Crippen molar-refractivity contribution < 1.29 is 19.7 Å². The summed E-state index contributed by atoms with van der Waals surface area (Å²) in [7, 11) is 0. The second kappa shape index (κ2) is 4.25. The molecule has 92 valence electrons. The van der Waals surface area contributed by atoms with Gasteiger partial charge in [-0.05, 0) is 12.1 Å². The van der Waals surface area contributed by atoms with Crippen LogP contribution in [0.25, 0.3) is 0 Å². The molecule has 0 saturated carbocycles. The van der Waals surface area contributed by atoms with Gasteiger partial charge < -0.3 is 20.3 Å². The number of phenolic OH excluding ortho intramolecular Hbond substituents is 2. The van der Waals surface area contributed by atoms with Crippen LogP contribution < -0.4 is 5.32 Å². The lowest BCUT2D eigenvalue weighted by Gasteiger charge is -2.38. The first-order chi connectivity index (χ1) is 8.02. The molecule has 1 aliphatic rings. The molecule has 1 aromatic rings. The number of ether oxygens (including phenoxy) is 1. The number of hydrogen-bond acceptors (Lipinski definition) is 4. The van der Waals surface area contributed by atoms with Crippen LogP contribution in [0.3, 0.4) is 0 Å². The first kappa shape index (κ1) is 11.7. The first-order valence-corrected chi connectivity index (χ1v) is 5.39. The Balaban J connectivity index is 2.02. The van der Waals surface area contributed by atoms with E-state index in [0.29, 0.717) is 19.8 Å². The van der Waals surface area contributed by atoms with Crippen molar-refractivity contribution in [1.82, 2.24) is 5.32 Å². The van der Waals surface area contributed by atoms with Crippen molar-refractivity contribution in [1.29, 1.82) is 0 Å². The van der Waals surface area contributed by atoms with Crippen LogP contribution >= 0.6 is 0 Å². The third kappa shape index (κ3) is 2.34. The average molecular weight is 237 g/mol. The van der Waals surface area contributed by atoms with Crippen molar-refractivity contribution >= 4 is 5.91 Å². The summed E-state index contributed by atoms with van der Waals surface area (Å²) in [4.78, 5) is 11.8.